The Morgan fingerprint density at radius 1 is 1.00 bits per heavy atom. The average Bonchev–Trinajstić information content (AvgIpc) is 2.93. The van der Waals surface area contributed by atoms with Gasteiger partial charge in [-0.25, -0.2) is 0 Å². The van der Waals surface area contributed by atoms with Crippen molar-refractivity contribution in [1.82, 2.24) is 9.47 Å². The second-order valence-corrected chi connectivity index (χ2v) is 6.13. The van der Waals surface area contributed by atoms with E-state index in [-0.39, 0.29) is 0 Å². The predicted molar refractivity (Wildman–Crippen MR) is 97.1 cm³/mol. The van der Waals surface area contributed by atoms with Crippen LogP contribution >= 0.6 is 0 Å². The third-order valence-corrected chi connectivity index (χ3v) is 4.17. The van der Waals surface area contributed by atoms with Crippen LogP contribution < -0.4 is 4.74 Å². The highest BCUT2D eigenvalue weighted by atomic mass is 16.5. The molecular formula is C20H24N2O. The van der Waals surface area contributed by atoms with E-state index < -0.39 is 0 Å². The number of rotatable bonds is 6. The summed E-state index contributed by atoms with van der Waals surface area (Å²) in [4.78, 5) is 2.23. The summed E-state index contributed by atoms with van der Waals surface area (Å²) in [7, 11) is 5.96. The second-order valence-electron chi connectivity index (χ2n) is 6.13. The quantitative estimate of drug-likeness (QED) is 0.676. The first kappa shape index (κ1) is 15.6. The zero-order chi connectivity index (χ0) is 16.2. The van der Waals surface area contributed by atoms with Gasteiger partial charge < -0.3 is 14.2 Å². The Morgan fingerprint density at radius 2 is 1.78 bits per heavy atom. The molecule has 1 aromatic heterocycles. The van der Waals surface area contributed by atoms with E-state index in [1.54, 1.807) is 7.11 Å². The molecule has 3 nitrogen and oxygen atoms in total. The molecule has 0 unspecified atom stereocenters. The summed E-state index contributed by atoms with van der Waals surface area (Å²) in [5.41, 5.74) is 3.79. The summed E-state index contributed by atoms with van der Waals surface area (Å²) < 4.78 is 7.80. The Bertz CT molecular complexity index is 775. The van der Waals surface area contributed by atoms with Crippen LogP contribution in [0.25, 0.3) is 22.2 Å². The summed E-state index contributed by atoms with van der Waals surface area (Å²) in [6.07, 6.45) is 1.13. The molecule has 0 aliphatic rings. The smallest absolute Gasteiger partial charge is 0.119 e. The van der Waals surface area contributed by atoms with Crippen LogP contribution in [-0.2, 0) is 6.54 Å². The maximum Gasteiger partial charge on any atom is 0.119 e. The lowest BCUT2D eigenvalue weighted by molar-refractivity contribution is 0.388. The van der Waals surface area contributed by atoms with Gasteiger partial charge in [0.15, 0.2) is 0 Å². The molecule has 0 spiro atoms. The van der Waals surface area contributed by atoms with Crippen LogP contribution in [-0.4, -0.2) is 37.2 Å². The van der Waals surface area contributed by atoms with Gasteiger partial charge in [0.2, 0.25) is 0 Å². The molecule has 0 saturated heterocycles. The minimum absolute atomic E-state index is 0.905. The highest BCUT2D eigenvalue weighted by Gasteiger charge is 2.11. The third-order valence-electron chi connectivity index (χ3n) is 4.17. The molecule has 0 fully saturated rings. The summed E-state index contributed by atoms with van der Waals surface area (Å²) in [6.45, 7) is 2.10. The number of aromatic nitrogens is 1. The topological polar surface area (TPSA) is 17.4 Å². The van der Waals surface area contributed by atoms with Gasteiger partial charge in [0.25, 0.3) is 0 Å². The number of aryl methyl sites for hydroxylation is 1. The van der Waals surface area contributed by atoms with Crippen LogP contribution in [0.3, 0.4) is 0 Å². The van der Waals surface area contributed by atoms with Crippen molar-refractivity contribution in [3.05, 3.63) is 54.6 Å². The van der Waals surface area contributed by atoms with Crippen LogP contribution in [0.4, 0.5) is 0 Å². The van der Waals surface area contributed by atoms with Crippen molar-refractivity contribution in [3.63, 3.8) is 0 Å². The molecular weight excluding hydrogens is 284 g/mol. The van der Waals surface area contributed by atoms with E-state index >= 15 is 0 Å². The lowest BCUT2D eigenvalue weighted by Gasteiger charge is -2.14. The normalized spacial score (nSPS) is 11.3. The number of benzene rings is 2. The van der Waals surface area contributed by atoms with Gasteiger partial charge in [-0.3, -0.25) is 0 Å². The van der Waals surface area contributed by atoms with Gasteiger partial charge in [0.1, 0.15) is 5.75 Å². The number of ether oxygens (including phenoxy) is 1. The Morgan fingerprint density at radius 3 is 2.48 bits per heavy atom. The zero-order valence-corrected chi connectivity index (χ0v) is 14.1. The van der Waals surface area contributed by atoms with Crippen molar-refractivity contribution < 1.29 is 4.74 Å². The first-order chi connectivity index (χ1) is 11.2. The largest absolute Gasteiger partial charge is 0.497 e. The van der Waals surface area contributed by atoms with Crippen LogP contribution in [0.2, 0.25) is 0 Å². The molecule has 3 heteroatoms. The fourth-order valence-electron chi connectivity index (χ4n) is 3.01. The maximum absolute atomic E-state index is 5.37. The van der Waals surface area contributed by atoms with E-state index in [4.69, 9.17) is 4.74 Å². The van der Waals surface area contributed by atoms with Crippen molar-refractivity contribution in [2.24, 2.45) is 0 Å². The van der Waals surface area contributed by atoms with E-state index in [0.717, 1.165) is 25.3 Å². The second kappa shape index (κ2) is 6.88. The summed E-state index contributed by atoms with van der Waals surface area (Å²) >= 11 is 0. The third kappa shape index (κ3) is 3.40. The minimum atomic E-state index is 0.905. The molecule has 0 aliphatic heterocycles. The number of methoxy groups -OCH3 is 1. The Labute approximate surface area is 138 Å². The Kier molecular flexibility index (Phi) is 4.68. The summed E-state index contributed by atoms with van der Waals surface area (Å²) in [6, 6.07) is 19.2. The van der Waals surface area contributed by atoms with Gasteiger partial charge in [-0.1, -0.05) is 30.3 Å². The fraction of sp³-hybridized carbons (Fsp3) is 0.300. The maximum atomic E-state index is 5.37. The molecule has 3 rings (SSSR count). The van der Waals surface area contributed by atoms with E-state index in [1.165, 1.54) is 22.2 Å². The zero-order valence-electron chi connectivity index (χ0n) is 14.1. The van der Waals surface area contributed by atoms with Crippen LogP contribution in [0.15, 0.2) is 54.6 Å². The molecule has 0 radical (unpaired) electrons. The Balaban J connectivity index is 2.05. The van der Waals surface area contributed by atoms with Gasteiger partial charge in [-0.05, 0) is 56.9 Å². The molecule has 3 aromatic rings. The molecule has 0 aliphatic carbocycles. The molecule has 0 saturated carbocycles. The standard InChI is InChI=1S/C20H24N2O/c1-21(2)12-7-13-22-19-11-10-18(23-3)14-17(19)15-20(22)16-8-5-4-6-9-16/h4-6,8-11,14-15H,7,12-13H2,1-3H3. The van der Waals surface area contributed by atoms with Crippen molar-refractivity contribution in [2.45, 2.75) is 13.0 Å². The van der Waals surface area contributed by atoms with Gasteiger partial charge in [0, 0.05) is 23.1 Å². The van der Waals surface area contributed by atoms with E-state index in [2.05, 4.69) is 72.1 Å². The molecule has 2 aromatic carbocycles. The van der Waals surface area contributed by atoms with Crippen LogP contribution in [0.5, 0.6) is 5.75 Å². The van der Waals surface area contributed by atoms with Gasteiger partial charge in [-0.2, -0.15) is 0 Å². The van der Waals surface area contributed by atoms with Gasteiger partial charge in [0.05, 0.1) is 7.11 Å². The number of hydrogen-bond donors (Lipinski definition) is 0. The van der Waals surface area contributed by atoms with Crippen molar-refractivity contribution >= 4 is 10.9 Å². The predicted octanol–water partition coefficient (Wildman–Crippen LogP) is 4.27. The molecule has 0 amide bonds. The lowest BCUT2D eigenvalue weighted by Crippen LogP contribution is -2.15. The molecule has 0 atom stereocenters. The van der Waals surface area contributed by atoms with E-state index in [0.29, 0.717) is 0 Å². The molecule has 120 valence electrons. The highest BCUT2D eigenvalue weighted by molar-refractivity contribution is 5.88. The van der Waals surface area contributed by atoms with E-state index in [9.17, 15) is 0 Å². The minimum Gasteiger partial charge on any atom is -0.497 e. The Hall–Kier alpha value is -2.26. The first-order valence-corrected chi connectivity index (χ1v) is 8.06. The monoisotopic (exact) mass is 308 g/mol. The van der Waals surface area contributed by atoms with Gasteiger partial charge in [-0.15, -0.1) is 0 Å². The number of nitrogens with zero attached hydrogens (tertiary/aromatic N) is 2. The van der Waals surface area contributed by atoms with Crippen LogP contribution in [0, 0.1) is 0 Å². The van der Waals surface area contributed by atoms with Crippen molar-refractivity contribution in [2.75, 3.05) is 27.7 Å². The molecule has 0 N–H and O–H groups in total. The summed E-state index contributed by atoms with van der Waals surface area (Å²) in [5, 5.41) is 1.23. The summed E-state index contributed by atoms with van der Waals surface area (Å²) in [5.74, 6) is 0.905. The molecule has 23 heavy (non-hydrogen) atoms. The SMILES string of the molecule is COc1ccc2c(c1)cc(-c1ccccc1)n2CCCN(C)C. The lowest BCUT2D eigenvalue weighted by atomic mass is 10.1. The van der Waals surface area contributed by atoms with Crippen molar-refractivity contribution in [1.29, 1.82) is 0 Å². The molecule has 0 bridgehead atoms. The fourth-order valence-corrected chi connectivity index (χ4v) is 3.01. The molecule has 1 heterocycles. The number of fused-ring (bicyclic) bond motifs is 1. The first-order valence-electron chi connectivity index (χ1n) is 8.06. The van der Waals surface area contributed by atoms with Crippen molar-refractivity contribution in [3.8, 4) is 17.0 Å². The number of hydrogen-bond acceptors (Lipinski definition) is 2. The van der Waals surface area contributed by atoms with Gasteiger partial charge >= 0.3 is 0 Å². The highest BCUT2D eigenvalue weighted by Crippen LogP contribution is 2.30. The van der Waals surface area contributed by atoms with E-state index in [1.807, 2.05) is 6.07 Å². The average molecular weight is 308 g/mol. The van der Waals surface area contributed by atoms with Crippen LogP contribution in [0.1, 0.15) is 6.42 Å².